The van der Waals surface area contributed by atoms with E-state index < -0.39 is 16.6 Å². The molecule has 1 aliphatic carbocycles. The van der Waals surface area contributed by atoms with Gasteiger partial charge < -0.3 is 5.32 Å². The predicted octanol–water partition coefficient (Wildman–Crippen LogP) is 1.52. The Balaban J connectivity index is 2.23. The molecule has 0 amide bonds. The van der Waals surface area contributed by atoms with Crippen LogP contribution in [-0.2, 0) is 0 Å². The van der Waals surface area contributed by atoms with Gasteiger partial charge in [0.25, 0.3) is 0 Å². The molecule has 1 aliphatic rings. The third-order valence-electron chi connectivity index (χ3n) is 2.69. The van der Waals surface area contributed by atoms with Gasteiger partial charge >= 0.3 is 5.66 Å². The van der Waals surface area contributed by atoms with Crippen LogP contribution in [0.15, 0.2) is 54.6 Å². The van der Waals surface area contributed by atoms with Gasteiger partial charge in [-0.2, -0.15) is 0 Å². The molecule has 5 heteroatoms. The van der Waals surface area contributed by atoms with Crippen LogP contribution in [0.1, 0.15) is 0 Å². The summed E-state index contributed by atoms with van der Waals surface area (Å²) in [5, 5.41) is 14.1. The topological polar surface area (TPSA) is 81.2 Å². The highest BCUT2D eigenvalue weighted by molar-refractivity contribution is 5.46. The molecular weight excluding hydrogens is 218 g/mol. The molecule has 17 heavy (non-hydrogen) atoms. The molecule has 5 nitrogen and oxygen atoms in total. The van der Waals surface area contributed by atoms with E-state index in [9.17, 15) is 10.1 Å². The molecule has 88 valence electrons. The molecule has 0 saturated heterocycles. The molecular formula is C12H13N3O2. The number of para-hydroxylation sites is 1. The monoisotopic (exact) mass is 231 g/mol. The Bertz CT molecular complexity index is 470. The molecule has 2 unspecified atom stereocenters. The Morgan fingerprint density at radius 1 is 1.29 bits per heavy atom. The van der Waals surface area contributed by atoms with E-state index in [1.165, 1.54) is 6.08 Å². The lowest BCUT2D eigenvalue weighted by Crippen LogP contribution is -2.58. The highest BCUT2D eigenvalue weighted by Gasteiger charge is 2.44. The SMILES string of the molecule is NC1([N+](=O)[O-])C=CC=CC1Nc1ccccc1. The Labute approximate surface area is 98.8 Å². The summed E-state index contributed by atoms with van der Waals surface area (Å²) < 4.78 is 0. The number of nitrogens with one attached hydrogen (secondary N) is 1. The Hall–Kier alpha value is -2.14. The normalized spacial score (nSPS) is 26.8. The number of rotatable bonds is 3. The van der Waals surface area contributed by atoms with Gasteiger partial charge in [0.1, 0.15) is 6.04 Å². The third kappa shape index (κ3) is 2.19. The summed E-state index contributed by atoms with van der Waals surface area (Å²) in [6.07, 6.45) is 6.42. The molecule has 1 aromatic rings. The number of nitrogens with two attached hydrogens (primary N) is 1. The van der Waals surface area contributed by atoms with Gasteiger partial charge in [0, 0.05) is 16.7 Å². The fourth-order valence-corrected chi connectivity index (χ4v) is 1.69. The number of anilines is 1. The minimum absolute atomic E-state index is 0.479. The minimum Gasteiger partial charge on any atom is -0.371 e. The summed E-state index contributed by atoms with van der Waals surface area (Å²) in [6.45, 7) is 0. The van der Waals surface area contributed by atoms with Gasteiger partial charge in [-0.3, -0.25) is 15.8 Å². The largest absolute Gasteiger partial charge is 0.371 e. The van der Waals surface area contributed by atoms with Crippen molar-refractivity contribution in [1.29, 1.82) is 0 Å². The van der Waals surface area contributed by atoms with Crippen molar-refractivity contribution < 1.29 is 4.92 Å². The van der Waals surface area contributed by atoms with Crippen molar-refractivity contribution in [2.75, 3.05) is 5.32 Å². The lowest BCUT2D eigenvalue weighted by Gasteiger charge is -2.28. The summed E-state index contributed by atoms with van der Waals surface area (Å²) >= 11 is 0. The van der Waals surface area contributed by atoms with Crippen molar-refractivity contribution in [2.24, 2.45) is 5.73 Å². The number of hydrogen-bond acceptors (Lipinski definition) is 4. The van der Waals surface area contributed by atoms with Gasteiger partial charge in [0.15, 0.2) is 0 Å². The van der Waals surface area contributed by atoms with Crippen LogP contribution in [0.25, 0.3) is 0 Å². The van der Waals surface area contributed by atoms with E-state index in [1.54, 1.807) is 18.2 Å². The number of benzene rings is 1. The first kappa shape index (κ1) is 11.3. The highest BCUT2D eigenvalue weighted by Crippen LogP contribution is 2.20. The van der Waals surface area contributed by atoms with Crippen LogP contribution in [0.4, 0.5) is 5.69 Å². The van der Waals surface area contributed by atoms with Gasteiger partial charge in [-0.05, 0) is 12.1 Å². The molecule has 0 radical (unpaired) electrons. The minimum atomic E-state index is -1.61. The maximum atomic E-state index is 11.0. The van der Waals surface area contributed by atoms with Crippen molar-refractivity contribution in [3.8, 4) is 0 Å². The second kappa shape index (κ2) is 4.39. The van der Waals surface area contributed by atoms with E-state index in [0.29, 0.717) is 0 Å². The molecule has 0 aromatic heterocycles. The van der Waals surface area contributed by atoms with Gasteiger partial charge in [0.2, 0.25) is 0 Å². The molecule has 0 heterocycles. The fraction of sp³-hybridized carbons (Fsp3) is 0.167. The maximum absolute atomic E-state index is 11.0. The molecule has 0 saturated carbocycles. The second-order valence-electron chi connectivity index (χ2n) is 3.88. The summed E-state index contributed by atoms with van der Waals surface area (Å²) in [4.78, 5) is 10.6. The van der Waals surface area contributed by atoms with Crippen LogP contribution in [0.5, 0.6) is 0 Å². The lowest BCUT2D eigenvalue weighted by molar-refractivity contribution is -0.554. The Kier molecular flexibility index (Phi) is 2.93. The molecule has 2 atom stereocenters. The van der Waals surface area contributed by atoms with Crippen molar-refractivity contribution in [3.05, 3.63) is 64.8 Å². The molecule has 0 spiro atoms. The molecule has 2 rings (SSSR count). The number of hydrogen-bond donors (Lipinski definition) is 2. The molecule has 0 aliphatic heterocycles. The van der Waals surface area contributed by atoms with Gasteiger partial charge in [0.05, 0.1) is 0 Å². The van der Waals surface area contributed by atoms with Crippen LogP contribution in [0, 0.1) is 10.1 Å². The first-order valence-electron chi connectivity index (χ1n) is 5.24. The van der Waals surface area contributed by atoms with Crippen LogP contribution in [0.3, 0.4) is 0 Å². The molecule has 3 N–H and O–H groups in total. The van der Waals surface area contributed by atoms with Crippen LogP contribution in [-0.4, -0.2) is 16.6 Å². The van der Waals surface area contributed by atoms with E-state index in [2.05, 4.69) is 5.32 Å². The Morgan fingerprint density at radius 2 is 2.00 bits per heavy atom. The zero-order chi connectivity index (χ0) is 12.3. The maximum Gasteiger partial charge on any atom is 0.315 e. The van der Waals surface area contributed by atoms with Crippen molar-refractivity contribution in [3.63, 3.8) is 0 Å². The number of allylic oxidation sites excluding steroid dienone is 2. The summed E-state index contributed by atoms with van der Waals surface area (Å²) in [7, 11) is 0. The third-order valence-corrected chi connectivity index (χ3v) is 2.69. The molecule has 1 aromatic carbocycles. The van der Waals surface area contributed by atoms with Gasteiger partial charge in [-0.1, -0.05) is 36.4 Å². The van der Waals surface area contributed by atoms with Crippen LogP contribution < -0.4 is 11.1 Å². The smallest absolute Gasteiger partial charge is 0.315 e. The number of nitro groups is 1. The Morgan fingerprint density at radius 3 is 2.65 bits per heavy atom. The van der Waals surface area contributed by atoms with Crippen LogP contribution in [0.2, 0.25) is 0 Å². The summed E-state index contributed by atoms with van der Waals surface area (Å²) in [5.74, 6) is 0. The zero-order valence-electron chi connectivity index (χ0n) is 9.11. The zero-order valence-corrected chi connectivity index (χ0v) is 9.11. The molecule has 0 bridgehead atoms. The quantitative estimate of drug-likeness (QED) is 0.469. The predicted molar refractivity (Wildman–Crippen MR) is 66.0 cm³/mol. The van der Waals surface area contributed by atoms with Gasteiger partial charge in [-0.25, -0.2) is 0 Å². The van der Waals surface area contributed by atoms with E-state index in [4.69, 9.17) is 5.73 Å². The van der Waals surface area contributed by atoms with Crippen molar-refractivity contribution >= 4 is 5.69 Å². The van der Waals surface area contributed by atoms with E-state index in [-0.39, 0.29) is 0 Å². The second-order valence-corrected chi connectivity index (χ2v) is 3.88. The summed E-state index contributed by atoms with van der Waals surface area (Å²) in [5.41, 5.74) is 4.99. The summed E-state index contributed by atoms with van der Waals surface area (Å²) in [6, 6.07) is 8.71. The average molecular weight is 231 g/mol. The number of nitrogens with zero attached hydrogens (tertiary/aromatic N) is 1. The highest BCUT2D eigenvalue weighted by atomic mass is 16.6. The van der Waals surface area contributed by atoms with Crippen molar-refractivity contribution in [2.45, 2.75) is 11.7 Å². The average Bonchev–Trinajstić information content (AvgIpc) is 2.33. The first-order chi connectivity index (χ1) is 8.13. The lowest BCUT2D eigenvalue weighted by atomic mass is 9.96. The standard InChI is InChI=1S/C12H13N3O2/c13-12(15(16)17)9-5-4-8-11(12)14-10-6-2-1-3-7-10/h1-9,11,14H,13H2. The molecule has 0 fully saturated rings. The van der Waals surface area contributed by atoms with E-state index in [0.717, 1.165) is 5.69 Å². The fourth-order valence-electron chi connectivity index (χ4n) is 1.69. The first-order valence-corrected chi connectivity index (χ1v) is 5.24. The van der Waals surface area contributed by atoms with E-state index in [1.807, 2.05) is 30.3 Å². The van der Waals surface area contributed by atoms with Crippen LogP contribution >= 0.6 is 0 Å². The van der Waals surface area contributed by atoms with Crippen molar-refractivity contribution in [1.82, 2.24) is 0 Å². The van der Waals surface area contributed by atoms with Gasteiger partial charge in [-0.15, -0.1) is 0 Å². The van der Waals surface area contributed by atoms with E-state index >= 15 is 0 Å².